The SMILES string of the molecule is COC1CN(c2cc(-c3cnc(N)c(-c4ccc(NC(=O)c5c(C)n(C)n(-c6cccc(Cl)c6)c5=O)cc4)n3)ccn2)C1. The lowest BCUT2D eigenvalue weighted by atomic mass is 10.1. The van der Waals surface area contributed by atoms with Gasteiger partial charge in [0.15, 0.2) is 0 Å². The van der Waals surface area contributed by atoms with Gasteiger partial charge in [-0.25, -0.2) is 19.6 Å². The summed E-state index contributed by atoms with van der Waals surface area (Å²) in [5.74, 6) is 0.612. The number of anilines is 3. The second kappa shape index (κ2) is 11.3. The Morgan fingerprint density at radius 2 is 1.84 bits per heavy atom. The molecule has 1 amide bonds. The highest BCUT2D eigenvalue weighted by atomic mass is 35.5. The summed E-state index contributed by atoms with van der Waals surface area (Å²) in [4.78, 5) is 42.3. The van der Waals surface area contributed by atoms with Gasteiger partial charge in [-0.3, -0.25) is 14.3 Å². The molecule has 6 rings (SSSR count). The van der Waals surface area contributed by atoms with Crippen molar-refractivity contribution < 1.29 is 9.53 Å². The van der Waals surface area contributed by atoms with Crippen LogP contribution in [-0.4, -0.2) is 56.5 Å². The van der Waals surface area contributed by atoms with Crippen molar-refractivity contribution in [3.63, 3.8) is 0 Å². The van der Waals surface area contributed by atoms with E-state index < -0.39 is 11.5 Å². The molecule has 218 valence electrons. The van der Waals surface area contributed by atoms with Gasteiger partial charge in [0.1, 0.15) is 22.9 Å². The first kappa shape index (κ1) is 28.1. The Kier molecular flexibility index (Phi) is 7.43. The van der Waals surface area contributed by atoms with E-state index in [0.717, 1.165) is 30.0 Å². The highest BCUT2D eigenvalue weighted by Gasteiger charge is 2.27. The van der Waals surface area contributed by atoms with Gasteiger partial charge >= 0.3 is 0 Å². The van der Waals surface area contributed by atoms with Crippen LogP contribution in [-0.2, 0) is 11.8 Å². The lowest BCUT2D eigenvalue weighted by molar-refractivity contribution is 0.0783. The number of pyridine rings is 1. The summed E-state index contributed by atoms with van der Waals surface area (Å²) >= 11 is 6.13. The third-order valence-electron chi connectivity index (χ3n) is 7.60. The summed E-state index contributed by atoms with van der Waals surface area (Å²) in [5, 5.41) is 3.32. The monoisotopic (exact) mass is 596 g/mol. The number of hydrogen-bond donors (Lipinski definition) is 2. The largest absolute Gasteiger partial charge is 0.382 e. The predicted molar refractivity (Wildman–Crippen MR) is 167 cm³/mol. The summed E-state index contributed by atoms with van der Waals surface area (Å²) in [6.45, 7) is 3.30. The molecule has 0 unspecified atom stereocenters. The molecule has 43 heavy (non-hydrogen) atoms. The Balaban J connectivity index is 1.22. The number of hydrogen-bond acceptors (Lipinski definition) is 8. The zero-order valence-corrected chi connectivity index (χ0v) is 24.5. The summed E-state index contributed by atoms with van der Waals surface area (Å²) in [6.07, 6.45) is 3.60. The number of ether oxygens (including phenoxy) is 1. The first-order valence-corrected chi connectivity index (χ1v) is 13.9. The van der Waals surface area contributed by atoms with Gasteiger partial charge in [-0.05, 0) is 49.4 Å². The Hall–Kier alpha value is -5.00. The second-order valence-corrected chi connectivity index (χ2v) is 10.7. The zero-order chi connectivity index (χ0) is 30.2. The van der Waals surface area contributed by atoms with Crippen molar-refractivity contribution in [2.24, 2.45) is 7.05 Å². The highest BCUT2D eigenvalue weighted by Crippen LogP contribution is 2.29. The molecule has 0 bridgehead atoms. The van der Waals surface area contributed by atoms with Crippen LogP contribution < -0.4 is 21.5 Å². The number of amides is 1. The van der Waals surface area contributed by atoms with Gasteiger partial charge in [0.2, 0.25) is 0 Å². The van der Waals surface area contributed by atoms with Gasteiger partial charge < -0.3 is 20.7 Å². The van der Waals surface area contributed by atoms with E-state index in [1.54, 1.807) is 86.7 Å². The minimum Gasteiger partial charge on any atom is -0.382 e. The van der Waals surface area contributed by atoms with Crippen molar-refractivity contribution in [2.75, 3.05) is 36.1 Å². The van der Waals surface area contributed by atoms with Crippen molar-refractivity contribution in [3.8, 4) is 28.2 Å². The molecule has 0 spiro atoms. The van der Waals surface area contributed by atoms with Crippen LogP contribution in [0, 0.1) is 6.92 Å². The van der Waals surface area contributed by atoms with E-state index in [-0.39, 0.29) is 17.5 Å². The van der Waals surface area contributed by atoms with E-state index in [9.17, 15) is 9.59 Å². The molecule has 0 radical (unpaired) electrons. The van der Waals surface area contributed by atoms with Gasteiger partial charge in [0, 0.05) is 55.3 Å². The van der Waals surface area contributed by atoms with E-state index in [4.69, 9.17) is 27.1 Å². The number of halogens is 1. The number of carbonyl (C=O) groups is 1. The fraction of sp³-hybridized carbons (Fsp3) is 0.194. The van der Waals surface area contributed by atoms with Crippen molar-refractivity contribution in [1.29, 1.82) is 0 Å². The predicted octanol–water partition coefficient (Wildman–Crippen LogP) is 4.33. The molecule has 1 fully saturated rings. The van der Waals surface area contributed by atoms with Crippen LogP contribution in [0.5, 0.6) is 0 Å². The molecule has 0 saturated carbocycles. The third kappa shape index (κ3) is 5.36. The maximum absolute atomic E-state index is 13.3. The molecular formula is C31H29ClN8O3. The highest BCUT2D eigenvalue weighted by molar-refractivity contribution is 6.30. The number of carbonyl (C=O) groups excluding carboxylic acids is 1. The van der Waals surface area contributed by atoms with Crippen molar-refractivity contribution in [3.05, 3.63) is 99.7 Å². The molecule has 4 heterocycles. The number of benzene rings is 2. The lowest BCUT2D eigenvalue weighted by Gasteiger charge is -2.39. The maximum Gasteiger partial charge on any atom is 0.284 e. The maximum atomic E-state index is 13.3. The van der Waals surface area contributed by atoms with Gasteiger partial charge in [-0.2, -0.15) is 0 Å². The Morgan fingerprint density at radius 1 is 1.07 bits per heavy atom. The number of rotatable bonds is 7. The fourth-order valence-corrected chi connectivity index (χ4v) is 5.23. The number of methoxy groups -OCH3 is 1. The summed E-state index contributed by atoms with van der Waals surface area (Å²) in [5.41, 5.74) is 10.2. The quantitative estimate of drug-likeness (QED) is 0.284. The lowest BCUT2D eigenvalue weighted by Crippen LogP contribution is -2.52. The van der Waals surface area contributed by atoms with Crippen molar-refractivity contribution >= 4 is 34.8 Å². The van der Waals surface area contributed by atoms with Gasteiger partial charge in [0.25, 0.3) is 11.5 Å². The van der Waals surface area contributed by atoms with Crippen LogP contribution in [0.3, 0.4) is 0 Å². The summed E-state index contributed by atoms with van der Waals surface area (Å²) in [7, 11) is 3.43. The molecule has 12 heteroatoms. The van der Waals surface area contributed by atoms with Gasteiger partial charge in [-0.1, -0.05) is 29.8 Å². The molecule has 1 saturated heterocycles. The third-order valence-corrected chi connectivity index (χ3v) is 7.83. The standard InChI is InChI=1S/C31H29ClN8O3/c1-18-27(31(42)40(38(18)2)23-6-4-5-21(32)14-23)30(41)36-22-9-7-19(8-10-22)28-29(33)35-15-25(37-28)20-11-12-34-26(13-20)39-16-24(17-39)43-3/h4-15,24H,16-17H2,1-3H3,(H2,33,35)(H,36,41). The minimum atomic E-state index is -0.513. The summed E-state index contributed by atoms with van der Waals surface area (Å²) in [6, 6.07) is 17.8. The fourth-order valence-electron chi connectivity index (χ4n) is 5.05. The van der Waals surface area contributed by atoms with Crippen LogP contribution in [0.2, 0.25) is 5.02 Å². The molecule has 2 aromatic carbocycles. The van der Waals surface area contributed by atoms with Crippen LogP contribution in [0.4, 0.5) is 17.3 Å². The van der Waals surface area contributed by atoms with E-state index in [1.807, 2.05) is 12.1 Å². The van der Waals surface area contributed by atoms with Crippen LogP contribution in [0.25, 0.3) is 28.2 Å². The normalized spacial score (nSPS) is 13.2. The van der Waals surface area contributed by atoms with Gasteiger partial charge in [0.05, 0.1) is 29.4 Å². The van der Waals surface area contributed by atoms with E-state index in [1.165, 1.54) is 4.68 Å². The first-order valence-electron chi connectivity index (χ1n) is 13.6. The molecule has 1 aliphatic rings. The molecule has 11 nitrogen and oxygen atoms in total. The topological polar surface area (TPSA) is 133 Å². The Labute approximate surface area is 252 Å². The zero-order valence-electron chi connectivity index (χ0n) is 23.8. The molecule has 1 aliphatic heterocycles. The summed E-state index contributed by atoms with van der Waals surface area (Å²) < 4.78 is 8.42. The number of aromatic nitrogens is 5. The van der Waals surface area contributed by atoms with Crippen molar-refractivity contribution in [2.45, 2.75) is 13.0 Å². The minimum absolute atomic E-state index is 0.0436. The molecule has 3 aromatic heterocycles. The van der Waals surface area contributed by atoms with Crippen LogP contribution in [0.1, 0.15) is 16.1 Å². The van der Waals surface area contributed by atoms with E-state index in [2.05, 4.69) is 20.2 Å². The number of nitrogens with two attached hydrogens (primary N) is 1. The van der Waals surface area contributed by atoms with Gasteiger partial charge in [-0.15, -0.1) is 0 Å². The van der Waals surface area contributed by atoms with Crippen LogP contribution >= 0.6 is 11.6 Å². The van der Waals surface area contributed by atoms with Crippen LogP contribution in [0.15, 0.2) is 77.9 Å². The number of nitrogen functional groups attached to an aromatic ring is 1. The Morgan fingerprint density at radius 3 is 2.56 bits per heavy atom. The second-order valence-electron chi connectivity index (χ2n) is 10.3. The van der Waals surface area contributed by atoms with E-state index >= 15 is 0 Å². The molecule has 5 aromatic rings. The van der Waals surface area contributed by atoms with Crippen molar-refractivity contribution in [1.82, 2.24) is 24.3 Å². The molecule has 3 N–H and O–H groups in total. The van der Waals surface area contributed by atoms with E-state index in [0.29, 0.717) is 33.5 Å². The Bertz CT molecular complexity index is 1890. The molecule has 0 aliphatic carbocycles. The average molecular weight is 597 g/mol. The molecule has 0 atom stereocenters. The first-order chi connectivity index (χ1) is 20.7. The number of nitrogens with one attached hydrogen (secondary N) is 1. The average Bonchev–Trinajstić information content (AvgIpc) is 3.20. The number of nitrogens with zero attached hydrogens (tertiary/aromatic N) is 6. The molecular weight excluding hydrogens is 568 g/mol. The smallest absolute Gasteiger partial charge is 0.284 e.